The Morgan fingerprint density at radius 1 is 0.682 bits per heavy atom. The van der Waals surface area contributed by atoms with Crippen LogP contribution in [0, 0.1) is 0 Å². The summed E-state index contributed by atoms with van der Waals surface area (Å²) in [7, 11) is -3.90. The van der Waals surface area contributed by atoms with Gasteiger partial charge in [-0.2, -0.15) is 8.42 Å². The summed E-state index contributed by atoms with van der Waals surface area (Å²) in [6, 6.07) is 38.8. The van der Waals surface area contributed by atoms with E-state index in [1.165, 1.54) is 21.8 Å². The fraction of sp³-hybridized carbons (Fsp3) is 0.216. The van der Waals surface area contributed by atoms with Crippen molar-refractivity contribution >= 4 is 49.0 Å². The first-order valence-electron chi connectivity index (χ1n) is 15.3. The number of benzene rings is 4. The summed E-state index contributed by atoms with van der Waals surface area (Å²) in [6.07, 6.45) is 7.40. The van der Waals surface area contributed by atoms with Crippen LogP contribution < -0.4 is 9.47 Å². The molecule has 0 radical (unpaired) electrons. The largest absolute Gasteiger partial charge is 0.340 e. The van der Waals surface area contributed by atoms with E-state index in [4.69, 9.17) is 4.55 Å². The summed E-state index contributed by atoms with van der Waals surface area (Å²) in [4.78, 5) is 2.31. The van der Waals surface area contributed by atoms with E-state index in [9.17, 15) is 8.42 Å². The highest BCUT2D eigenvalue weighted by atomic mass is 32.2. The van der Waals surface area contributed by atoms with Crippen LogP contribution in [0.1, 0.15) is 32.6 Å². The van der Waals surface area contributed by atoms with Crippen molar-refractivity contribution < 1.29 is 17.5 Å². The molecular weight excluding hydrogens is 566 g/mol. The Morgan fingerprint density at radius 2 is 1.30 bits per heavy atom. The smallest absolute Gasteiger partial charge is 0.264 e. The molecule has 0 unspecified atom stereocenters. The van der Waals surface area contributed by atoms with Crippen molar-refractivity contribution in [2.24, 2.45) is 0 Å². The van der Waals surface area contributed by atoms with Gasteiger partial charge in [-0.05, 0) is 66.4 Å². The Balaban J connectivity index is 1.37. The summed E-state index contributed by atoms with van der Waals surface area (Å²) >= 11 is 0. The highest BCUT2D eigenvalue weighted by Crippen LogP contribution is 2.39. The molecule has 0 aliphatic carbocycles. The Kier molecular flexibility index (Phi) is 8.77. The normalized spacial score (nSPS) is 11.8. The molecule has 0 aliphatic heterocycles. The maximum atomic E-state index is 11.0. The molecule has 2 aromatic heterocycles. The molecule has 1 N–H and O–H groups in total. The average molecular weight is 605 g/mol. The van der Waals surface area contributed by atoms with Crippen molar-refractivity contribution in [1.29, 1.82) is 0 Å². The summed E-state index contributed by atoms with van der Waals surface area (Å²) in [5, 5.41) is 2.51. The SMILES string of the molecule is CCCCn1c2cc(-c3cc[n+](CCCCS(=O)(=O)O)cc3)ccc2c2ccc(N(c3ccccc3)c3ccccc3)cc21. The van der Waals surface area contributed by atoms with Gasteiger partial charge in [-0.1, -0.05) is 67.9 Å². The Morgan fingerprint density at radius 3 is 1.91 bits per heavy atom. The van der Waals surface area contributed by atoms with Crippen molar-refractivity contribution in [3.8, 4) is 11.1 Å². The van der Waals surface area contributed by atoms with E-state index in [1.54, 1.807) is 0 Å². The monoisotopic (exact) mass is 604 g/mol. The van der Waals surface area contributed by atoms with Crippen molar-refractivity contribution in [2.75, 3.05) is 10.7 Å². The molecule has 0 atom stereocenters. The van der Waals surface area contributed by atoms with E-state index in [0.29, 0.717) is 19.4 Å². The van der Waals surface area contributed by atoms with Crippen LogP contribution in [0.15, 0.2) is 122 Å². The van der Waals surface area contributed by atoms with E-state index in [0.717, 1.165) is 47.6 Å². The highest BCUT2D eigenvalue weighted by molar-refractivity contribution is 7.85. The fourth-order valence-electron chi connectivity index (χ4n) is 5.94. The molecule has 2 heterocycles. The molecule has 7 heteroatoms. The number of pyridine rings is 1. The number of aryl methyl sites for hydroxylation is 2. The number of hydrogen-bond acceptors (Lipinski definition) is 3. The van der Waals surface area contributed by atoms with Gasteiger partial charge in [0.1, 0.15) is 6.54 Å². The number of hydrogen-bond donors (Lipinski definition) is 1. The number of para-hydroxylation sites is 2. The van der Waals surface area contributed by atoms with Crippen molar-refractivity contribution in [3.63, 3.8) is 0 Å². The molecule has 224 valence electrons. The number of rotatable bonds is 12. The van der Waals surface area contributed by atoms with Crippen molar-refractivity contribution in [2.45, 2.75) is 45.7 Å². The Hall–Kier alpha value is -4.46. The lowest BCUT2D eigenvalue weighted by atomic mass is 10.0. The van der Waals surface area contributed by atoms with Crippen LogP contribution >= 0.6 is 0 Å². The van der Waals surface area contributed by atoms with Crippen molar-refractivity contribution in [1.82, 2.24) is 4.57 Å². The maximum absolute atomic E-state index is 11.0. The third-order valence-electron chi connectivity index (χ3n) is 8.17. The predicted octanol–water partition coefficient (Wildman–Crippen LogP) is 8.69. The van der Waals surface area contributed by atoms with Crippen LogP contribution in [0.25, 0.3) is 32.9 Å². The van der Waals surface area contributed by atoms with Crippen molar-refractivity contribution in [3.05, 3.63) is 122 Å². The van der Waals surface area contributed by atoms with E-state index < -0.39 is 10.1 Å². The first-order valence-corrected chi connectivity index (χ1v) is 16.9. The van der Waals surface area contributed by atoms with Crippen LogP contribution in [-0.2, 0) is 23.2 Å². The second-order valence-electron chi connectivity index (χ2n) is 11.3. The molecule has 0 bridgehead atoms. The molecule has 4 aromatic carbocycles. The first kappa shape index (κ1) is 29.6. The van der Waals surface area contributed by atoms with Gasteiger partial charge in [-0.15, -0.1) is 0 Å². The molecule has 44 heavy (non-hydrogen) atoms. The minimum atomic E-state index is -3.90. The number of unbranched alkanes of at least 4 members (excludes halogenated alkanes) is 2. The quantitative estimate of drug-likeness (QED) is 0.0862. The molecule has 6 nitrogen and oxygen atoms in total. The topological polar surface area (TPSA) is 66.4 Å². The van der Waals surface area contributed by atoms with Gasteiger partial charge in [0.2, 0.25) is 0 Å². The zero-order valence-electron chi connectivity index (χ0n) is 25.0. The predicted molar refractivity (Wildman–Crippen MR) is 180 cm³/mol. The zero-order chi connectivity index (χ0) is 30.5. The van der Waals surface area contributed by atoms with Gasteiger partial charge in [0, 0.05) is 58.4 Å². The van der Waals surface area contributed by atoms with E-state index >= 15 is 0 Å². The van der Waals surface area contributed by atoms with Gasteiger partial charge in [-0.3, -0.25) is 4.55 Å². The summed E-state index contributed by atoms with van der Waals surface area (Å²) in [5.41, 5.74) is 8.12. The number of fused-ring (bicyclic) bond motifs is 3. The van der Waals surface area contributed by atoms with E-state index in [-0.39, 0.29) is 5.75 Å². The zero-order valence-corrected chi connectivity index (χ0v) is 25.8. The minimum Gasteiger partial charge on any atom is -0.340 e. The standard InChI is InChI=1S/C37H37N3O3S/c1-2-3-23-39-36-27-30(29-20-24-38(25-21-29)22-10-11-26-44(41,42)43)16-18-34(36)35-19-17-33(28-37(35)39)40(31-12-6-4-7-13-31)32-14-8-5-9-15-32/h4-9,12-21,24-25,27-28H,2-3,10-11,22-23,26H2,1H3/p+1. The summed E-state index contributed by atoms with van der Waals surface area (Å²) in [6.45, 7) is 3.88. The maximum Gasteiger partial charge on any atom is 0.264 e. The van der Waals surface area contributed by atoms with Crippen LogP contribution in [0.2, 0.25) is 0 Å². The molecular formula is C37H38N3O3S+. The van der Waals surface area contributed by atoms with Crippen LogP contribution in [0.3, 0.4) is 0 Å². The van der Waals surface area contributed by atoms with Gasteiger partial charge >= 0.3 is 0 Å². The lowest BCUT2D eigenvalue weighted by Crippen LogP contribution is -2.32. The Bertz CT molecular complexity index is 1930. The lowest BCUT2D eigenvalue weighted by Gasteiger charge is -2.25. The first-order chi connectivity index (χ1) is 21.4. The highest BCUT2D eigenvalue weighted by Gasteiger charge is 2.17. The Labute approximate surface area is 259 Å². The molecule has 6 rings (SSSR count). The molecule has 0 fully saturated rings. The molecule has 0 aliphatic rings. The number of nitrogens with zero attached hydrogens (tertiary/aromatic N) is 3. The van der Waals surface area contributed by atoms with Gasteiger partial charge in [0.05, 0.1) is 11.3 Å². The van der Waals surface area contributed by atoms with E-state index in [2.05, 4.69) is 130 Å². The van der Waals surface area contributed by atoms with Gasteiger partial charge in [0.15, 0.2) is 12.4 Å². The second-order valence-corrected chi connectivity index (χ2v) is 12.8. The van der Waals surface area contributed by atoms with Gasteiger partial charge < -0.3 is 9.47 Å². The summed E-state index contributed by atoms with van der Waals surface area (Å²) in [5.74, 6) is -0.199. The third-order valence-corrected chi connectivity index (χ3v) is 8.97. The molecule has 0 spiro atoms. The molecule has 0 saturated carbocycles. The summed E-state index contributed by atoms with van der Waals surface area (Å²) < 4.78 is 35.5. The third kappa shape index (κ3) is 6.54. The van der Waals surface area contributed by atoms with Crippen LogP contribution in [0.5, 0.6) is 0 Å². The molecule has 6 aromatic rings. The molecule has 0 amide bonds. The fourth-order valence-corrected chi connectivity index (χ4v) is 6.51. The van der Waals surface area contributed by atoms with Gasteiger partial charge in [-0.25, -0.2) is 4.57 Å². The van der Waals surface area contributed by atoms with Gasteiger partial charge in [0.25, 0.3) is 10.1 Å². The molecule has 0 saturated heterocycles. The van der Waals surface area contributed by atoms with Crippen LogP contribution in [0.4, 0.5) is 17.1 Å². The van der Waals surface area contributed by atoms with Crippen LogP contribution in [-0.4, -0.2) is 23.3 Å². The lowest BCUT2D eigenvalue weighted by molar-refractivity contribution is -0.697. The number of anilines is 3. The van der Waals surface area contributed by atoms with E-state index in [1.807, 2.05) is 12.4 Å². The number of aromatic nitrogens is 2. The second kappa shape index (κ2) is 13.0. The average Bonchev–Trinajstić information content (AvgIpc) is 3.35. The minimum absolute atomic E-state index is 0.199.